The fourth-order valence-electron chi connectivity index (χ4n) is 2.07. The van der Waals surface area contributed by atoms with Gasteiger partial charge in [-0.2, -0.15) is 8.42 Å². The number of aldehydes is 1. The summed E-state index contributed by atoms with van der Waals surface area (Å²) in [6, 6.07) is 0. The number of likely N-dealkylation sites (N-methyl/N-ethyl adjacent to an activating group) is 1. The second-order valence-electron chi connectivity index (χ2n) is 3.97. The summed E-state index contributed by atoms with van der Waals surface area (Å²) in [6.07, 6.45) is 1.60. The first-order valence-corrected chi connectivity index (χ1v) is 6.46. The summed E-state index contributed by atoms with van der Waals surface area (Å²) in [7, 11) is -4.50. The molecule has 1 aliphatic rings. The molecule has 1 aliphatic heterocycles. The average Bonchev–Trinajstić information content (AvgIpc) is 2.12. The van der Waals surface area contributed by atoms with Crippen LogP contribution in [0.1, 0.15) is 20.8 Å². The smallest absolute Gasteiger partial charge is 0.296 e. The van der Waals surface area contributed by atoms with E-state index in [0.717, 1.165) is 0 Å². The van der Waals surface area contributed by atoms with Gasteiger partial charge in [0.1, 0.15) is 10.6 Å². The third-order valence-electron chi connectivity index (χ3n) is 2.60. The van der Waals surface area contributed by atoms with Crippen LogP contribution in [-0.4, -0.2) is 41.5 Å². The Morgan fingerprint density at radius 3 is 2.41 bits per heavy atom. The molecule has 96 valence electrons. The molecule has 0 aromatic heterocycles. The predicted octanol–water partition coefficient (Wildman–Crippen LogP) is 0.275. The SMILES string of the molecule is CCN1C(C=O)=C(S(=O)(=O)O)C(C)=CC1(C)O. The van der Waals surface area contributed by atoms with Crippen molar-refractivity contribution < 1.29 is 22.9 Å². The zero-order chi connectivity index (χ0) is 13.4. The molecule has 2 N–H and O–H groups in total. The van der Waals surface area contributed by atoms with Crippen molar-refractivity contribution in [2.75, 3.05) is 6.54 Å². The molecule has 0 aromatic rings. The Kier molecular flexibility index (Phi) is 3.47. The van der Waals surface area contributed by atoms with Gasteiger partial charge in [-0.1, -0.05) is 0 Å². The molecule has 0 fully saturated rings. The standard InChI is InChI=1S/C10H15NO5S/c1-4-11-8(6-12)9(17(14,15)16)7(2)5-10(11,3)13/h5-6,13H,4H2,1-3H3,(H,14,15,16). The van der Waals surface area contributed by atoms with E-state index in [0.29, 0.717) is 6.29 Å². The van der Waals surface area contributed by atoms with Gasteiger partial charge in [0.05, 0.1) is 0 Å². The van der Waals surface area contributed by atoms with Gasteiger partial charge in [0.2, 0.25) is 0 Å². The van der Waals surface area contributed by atoms with E-state index in [2.05, 4.69) is 0 Å². The fraction of sp³-hybridized carbons (Fsp3) is 0.500. The molecule has 1 unspecified atom stereocenters. The van der Waals surface area contributed by atoms with Crippen LogP contribution < -0.4 is 0 Å². The van der Waals surface area contributed by atoms with Crippen LogP contribution in [0.5, 0.6) is 0 Å². The van der Waals surface area contributed by atoms with Gasteiger partial charge in [-0.15, -0.1) is 0 Å². The highest BCUT2D eigenvalue weighted by atomic mass is 32.2. The van der Waals surface area contributed by atoms with Gasteiger partial charge in [0.15, 0.2) is 12.0 Å². The van der Waals surface area contributed by atoms with Crippen LogP contribution in [0.15, 0.2) is 22.3 Å². The number of nitrogens with zero attached hydrogens (tertiary/aromatic N) is 1. The predicted molar refractivity (Wildman–Crippen MR) is 61.4 cm³/mol. The Morgan fingerprint density at radius 1 is 1.53 bits per heavy atom. The van der Waals surface area contributed by atoms with Crippen LogP contribution in [0.3, 0.4) is 0 Å². The minimum Gasteiger partial charge on any atom is -0.368 e. The van der Waals surface area contributed by atoms with Crippen molar-refractivity contribution in [2.45, 2.75) is 26.5 Å². The molecule has 1 heterocycles. The first-order valence-electron chi connectivity index (χ1n) is 5.02. The monoisotopic (exact) mass is 261 g/mol. The van der Waals surface area contributed by atoms with Crippen LogP contribution in [-0.2, 0) is 14.9 Å². The lowest BCUT2D eigenvalue weighted by Gasteiger charge is -2.40. The first-order chi connectivity index (χ1) is 7.65. The largest absolute Gasteiger partial charge is 0.368 e. The molecule has 0 radical (unpaired) electrons. The van der Waals surface area contributed by atoms with Gasteiger partial charge < -0.3 is 10.0 Å². The van der Waals surface area contributed by atoms with Crippen LogP contribution in [0, 0.1) is 0 Å². The zero-order valence-corrected chi connectivity index (χ0v) is 10.7. The number of aliphatic hydroxyl groups is 1. The van der Waals surface area contributed by atoms with Crippen LogP contribution >= 0.6 is 0 Å². The Bertz CT molecular complexity index is 501. The van der Waals surface area contributed by atoms with Crippen molar-refractivity contribution in [2.24, 2.45) is 0 Å². The molecule has 0 spiro atoms. The number of hydrogen-bond acceptors (Lipinski definition) is 5. The van der Waals surface area contributed by atoms with E-state index in [-0.39, 0.29) is 17.8 Å². The summed E-state index contributed by atoms with van der Waals surface area (Å²) in [4.78, 5) is 11.8. The van der Waals surface area contributed by atoms with Crippen molar-refractivity contribution >= 4 is 16.4 Å². The van der Waals surface area contributed by atoms with E-state index in [9.17, 15) is 18.3 Å². The third kappa shape index (κ3) is 2.41. The number of carbonyl (C=O) groups is 1. The van der Waals surface area contributed by atoms with E-state index in [4.69, 9.17) is 4.55 Å². The second-order valence-corrected chi connectivity index (χ2v) is 5.33. The van der Waals surface area contributed by atoms with Crippen LogP contribution in [0.25, 0.3) is 0 Å². The molecule has 0 aliphatic carbocycles. The van der Waals surface area contributed by atoms with Crippen molar-refractivity contribution in [3.8, 4) is 0 Å². The lowest BCUT2D eigenvalue weighted by Crippen LogP contribution is -2.47. The normalized spacial score (nSPS) is 25.9. The highest BCUT2D eigenvalue weighted by Crippen LogP contribution is 2.33. The molecule has 1 atom stereocenters. The van der Waals surface area contributed by atoms with E-state index in [1.807, 2.05) is 0 Å². The maximum absolute atomic E-state index is 11.2. The van der Waals surface area contributed by atoms with Crippen molar-refractivity contribution in [1.29, 1.82) is 0 Å². The summed E-state index contributed by atoms with van der Waals surface area (Å²) >= 11 is 0. The molecule has 0 bridgehead atoms. The fourth-order valence-corrected chi connectivity index (χ4v) is 2.95. The lowest BCUT2D eigenvalue weighted by molar-refractivity contribution is -0.109. The maximum atomic E-state index is 11.2. The number of allylic oxidation sites excluding steroid dienone is 2. The summed E-state index contributed by atoms with van der Waals surface area (Å²) in [5.41, 5.74) is -1.55. The van der Waals surface area contributed by atoms with Gasteiger partial charge in [-0.05, 0) is 32.4 Å². The number of hydrogen-bond donors (Lipinski definition) is 2. The van der Waals surface area contributed by atoms with Crippen LogP contribution in [0.2, 0.25) is 0 Å². The summed E-state index contributed by atoms with van der Waals surface area (Å²) in [5.74, 6) is 0. The lowest BCUT2D eigenvalue weighted by atomic mass is 10.0. The maximum Gasteiger partial charge on any atom is 0.296 e. The quantitative estimate of drug-likeness (QED) is 0.559. The third-order valence-corrected chi connectivity index (χ3v) is 3.65. The topological polar surface area (TPSA) is 94.9 Å². The van der Waals surface area contributed by atoms with Gasteiger partial charge in [0.25, 0.3) is 10.1 Å². The summed E-state index contributed by atoms with van der Waals surface area (Å²) < 4.78 is 31.6. The summed E-state index contributed by atoms with van der Waals surface area (Å²) in [6.45, 7) is 4.73. The number of rotatable bonds is 3. The van der Waals surface area contributed by atoms with Gasteiger partial charge in [0, 0.05) is 6.54 Å². The highest BCUT2D eigenvalue weighted by Gasteiger charge is 2.37. The van der Waals surface area contributed by atoms with Crippen molar-refractivity contribution in [3.05, 3.63) is 22.3 Å². The van der Waals surface area contributed by atoms with Gasteiger partial charge in [-0.3, -0.25) is 9.35 Å². The Labute approximate surface area is 100.0 Å². The van der Waals surface area contributed by atoms with Gasteiger partial charge >= 0.3 is 0 Å². The van der Waals surface area contributed by atoms with Gasteiger partial charge in [-0.25, -0.2) is 0 Å². The Hall–Kier alpha value is -1.18. The molecule has 0 aromatic carbocycles. The zero-order valence-electron chi connectivity index (χ0n) is 9.84. The average molecular weight is 261 g/mol. The molecule has 6 nitrogen and oxygen atoms in total. The Balaban J connectivity index is 3.59. The molecule has 17 heavy (non-hydrogen) atoms. The molecule has 1 rings (SSSR count). The second kappa shape index (κ2) is 4.25. The summed E-state index contributed by atoms with van der Waals surface area (Å²) in [5, 5.41) is 10.1. The van der Waals surface area contributed by atoms with E-state index < -0.39 is 20.7 Å². The van der Waals surface area contributed by atoms with Crippen LogP contribution in [0.4, 0.5) is 0 Å². The molecule has 0 saturated heterocycles. The molecular formula is C10H15NO5S. The highest BCUT2D eigenvalue weighted by molar-refractivity contribution is 7.90. The molecule has 0 amide bonds. The number of carbonyl (C=O) groups excluding carboxylic acids is 1. The van der Waals surface area contributed by atoms with Crippen molar-refractivity contribution in [1.82, 2.24) is 4.90 Å². The molecule has 0 saturated carbocycles. The van der Waals surface area contributed by atoms with E-state index >= 15 is 0 Å². The molecule has 7 heteroatoms. The minimum absolute atomic E-state index is 0.143. The Morgan fingerprint density at radius 2 is 2.06 bits per heavy atom. The molecular weight excluding hydrogens is 246 g/mol. The minimum atomic E-state index is -4.50. The van der Waals surface area contributed by atoms with Crippen molar-refractivity contribution in [3.63, 3.8) is 0 Å². The van der Waals surface area contributed by atoms with E-state index in [1.165, 1.54) is 24.8 Å². The first kappa shape index (κ1) is 13.9. The van der Waals surface area contributed by atoms with E-state index in [1.54, 1.807) is 6.92 Å².